The van der Waals surface area contributed by atoms with E-state index in [9.17, 15) is 24.8 Å². The number of nitrogens with one attached hydrogen (secondary N) is 1. The summed E-state index contributed by atoms with van der Waals surface area (Å²) >= 11 is 0. The number of hydrogen-bond acceptors (Lipinski definition) is 8. The minimum Gasteiger partial charge on any atom is -0.325 e. The van der Waals surface area contributed by atoms with Crippen LogP contribution in [0.2, 0.25) is 0 Å². The molecule has 170 valence electrons. The molecule has 0 aliphatic rings. The summed E-state index contributed by atoms with van der Waals surface area (Å²) < 4.78 is 19.5. The van der Waals surface area contributed by atoms with Crippen LogP contribution < -0.4 is 10.7 Å². The van der Waals surface area contributed by atoms with E-state index in [2.05, 4.69) is 10.5 Å². The predicted molar refractivity (Wildman–Crippen MR) is 127 cm³/mol. The lowest BCUT2D eigenvalue weighted by molar-refractivity contribution is -0.393. The van der Waals surface area contributed by atoms with Crippen LogP contribution in [0.3, 0.4) is 0 Å². The van der Waals surface area contributed by atoms with Crippen LogP contribution in [0.5, 0.6) is 0 Å². The molecule has 33 heavy (non-hydrogen) atoms. The molecule has 3 rings (SSSR count). The van der Waals surface area contributed by atoms with Crippen molar-refractivity contribution in [3.8, 4) is 0 Å². The topological polar surface area (TPSA) is 137 Å². The summed E-state index contributed by atoms with van der Waals surface area (Å²) in [6.45, 7) is 1.96. The summed E-state index contributed by atoms with van der Waals surface area (Å²) in [5, 5.41) is 27.3. The monoisotopic (exact) mass is 468 g/mol. The maximum Gasteiger partial charge on any atom is 0.301 e. The van der Waals surface area contributed by atoms with Gasteiger partial charge in [-0.15, -0.1) is 0 Å². The Hall–Kier alpha value is -3.88. The molecule has 3 aromatic carbocycles. The molecule has 3 aromatic rings. The van der Waals surface area contributed by atoms with Crippen molar-refractivity contribution in [1.82, 2.24) is 0 Å². The standard InChI is InChI=1S/C22H21N4O6P/c1-2-32-33(31,19-11-7-4-8-12-19)16-21(17-9-5-3-6-10-17)24-23-20-14-13-18(25(27)28)15-22(20)26(29)30/h3-15,23H,2,16H2,1H3. The lowest BCUT2D eigenvalue weighted by atomic mass is 10.1. The van der Waals surface area contributed by atoms with Gasteiger partial charge in [0.05, 0.1) is 34.4 Å². The van der Waals surface area contributed by atoms with E-state index in [1.807, 2.05) is 6.07 Å². The number of nitrogens with zero attached hydrogens (tertiary/aromatic N) is 3. The normalized spacial score (nSPS) is 13.2. The van der Waals surface area contributed by atoms with E-state index in [1.54, 1.807) is 61.5 Å². The van der Waals surface area contributed by atoms with E-state index in [0.717, 1.165) is 12.1 Å². The number of anilines is 1. The van der Waals surface area contributed by atoms with E-state index in [4.69, 9.17) is 4.52 Å². The van der Waals surface area contributed by atoms with Gasteiger partial charge in [-0.1, -0.05) is 48.5 Å². The number of nitro benzene ring substituents is 2. The van der Waals surface area contributed by atoms with Crippen molar-refractivity contribution in [2.45, 2.75) is 6.92 Å². The highest BCUT2D eigenvalue weighted by Gasteiger charge is 2.29. The fourth-order valence-electron chi connectivity index (χ4n) is 3.10. The quantitative estimate of drug-likeness (QED) is 0.192. The van der Waals surface area contributed by atoms with Crippen molar-refractivity contribution in [1.29, 1.82) is 0 Å². The van der Waals surface area contributed by atoms with Gasteiger partial charge in [-0.3, -0.25) is 30.2 Å². The minimum atomic E-state index is -3.36. The van der Waals surface area contributed by atoms with Crippen LogP contribution in [-0.2, 0) is 9.09 Å². The van der Waals surface area contributed by atoms with Crippen LogP contribution in [0.15, 0.2) is 84.0 Å². The highest BCUT2D eigenvalue weighted by atomic mass is 31.2. The van der Waals surface area contributed by atoms with Crippen molar-refractivity contribution >= 4 is 35.4 Å². The Morgan fingerprint density at radius 1 is 0.970 bits per heavy atom. The Balaban J connectivity index is 2.03. The molecule has 1 unspecified atom stereocenters. The van der Waals surface area contributed by atoms with Gasteiger partial charge in [-0.05, 0) is 30.7 Å². The Bertz CT molecular complexity index is 1220. The molecule has 0 bridgehead atoms. The Morgan fingerprint density at radius 3 is 2.18 bits per heavy atom. The third-order valence-corrected chi connectivity index (χ3v) is 7.13. The predicted octanol–water partition coefficient (Wildman–Crippen LogP) is 4.96. The van der Waals surface area contributed by atoms with E-state index in [1.165, 1.54) is 6.07 Å². The molecule has 1 N–H and O–H groups in total. The second-order valence-electron chi connectivity index (χ2n) is 6.84. The third kappa shape index (κ3) is 5.88. The molecule has 0 saturated heterocycles. The van der Waals surface area contributed by atoms with Crippen LogP contribution in [0.1, 0.15) is 12.5 Å². The highest BCUT2D eigenvalue weighted by molar-refractivity contribution is 7.67. The van der Waals surface area contributed by atoms with Gasteiger partial charge in [0, 0.05) is 11.4 Å². The molecular formula is C22H21N4O6P. The SMILES string of the molecule is CCOP(=O)(CC(=NNc1ccc([N+](=O)[O-])cc1[N+](=O)[O-])c1ccccc1)c1ccccc1. The molecule has 0 heterocycles. The lowest BCUT2D eigenvalue weighted by Gasteiger charge is -2.19. The first-order chi connectivity index (χ1) is 15.8. The van der Waals surface area contributed by atoms with Crippen molar-refractivity contribution in [3.05, 3.63) is 105 Å². The molecule has 11 heteroatoms. The maximum atomic E-state index is 13.8. The molecule has 0 amide bonds. The summed E-state index contributed by atoms with van der Waals surface area (Å²) in [5.41, 5.74) is 2.66. The van der Waals surface area contributed by atoms with Gasteiger partial charge in [-0.25, -0.2) is 0 Å². The van der Waals surface area contributed by atoms with Crippen LogP contribution >= 0.6 is 7.37 Å². The Morgan fingerprint density at radius 2 is 1.61 bits per heavy atom. The number of non-ortho nitro benzene ring substituents is 1. The van der Waals surface area contributed by atoms with E-state index in [0.29, 0.717) is 16.6 Å². The fraction of sp³-hybridized carbons (Fsp3) is 0.136. The third-order valence-electron chi connectivity index (χ3n) is 4.65. The first-order valence-corrected chi connectivity index (χ1v) is 11.7. The molecule has 0 aliphatic carbocycles. The second kappa shape index (κ2) is 10.6. The van der Waals surface area contributed by atoms with Gasteiger partial charge in [0.25, 0.3) is 5.69 Å². The zero-order valence-electron chi connectivity index (χ0n) is 17.7. The highest BCUT2D eigenvalue weighted by Crippen LogP contribution is 2.46. The van der Waals surface area contributed by atoms with Crippen molar-refractivity contribution in [3.63, 3.8) is 0 Å². The molecule has 0 spiro atoms. The first kappa shape index (κ1) is 23.8. The number of rotatable bonds is 10. The average molecular weight is 468 g/mol. The average Bonchev–Trinajstić information content (AvgIpc) is 2.83. The van der Waals surface area contributed by atoms with Crippen molar-refractivity contribution in [2.75, 3.05) is 18.2 Å². The smallest absolute Gasteiger partial charge is 0.301 e. The summed E-state index contributed by atoms with van der Waals surface area (Å²) in [7, 11) is -3.36. The van der Waals surface area contributed by atoms with Crippen LogP contribution in [0.4, 0.5) is 17.1 Å². The van der Waals surface area contributed by atoms with Gasteiger partial charge >= 0.3 is 5.69 Å². The van der Waals surface area contributed by atoms with E-state index < -0.39 is 28.6 Å². The molecule has 0 aliphatic heterocycles. The van der Waals surface area contributed by atoms with Crippen molar-refractivity contribution < 1.29 is 18.9 Å². The van der Waals surface area contributed by atoms with Gasteiger partial charge in [0.2, 0.25) is 7.37 Å². The van der Waals surface area contributed by atoms with Crippen LogP contribution in [0.25, 0.3) is 0 Å². The van der Waals surface area contributed by atoms with Gasteiger partial charge < -0.3 is 4.52 Å². The number of hydrogen-bond donors (Lipinski definition) is 1. The van der Waals surface area contributed by atoms with Gasteiger partial charge in [-0.2, -0.15) is 5.10 Å². The molecule has 1 atom stereocenters. The van der Waals surface area contributed by atoms with Crippen molar-refractivity contribution in [2.24, 2.45) is 5.10 Å². The molecule has 0 fully saturated rings. The number of benzene rings is 3. The fourth-order valence-corrected chi connectivity index (χ4v) is 5.21. The minimum absolute atomic E-state index is 0.0371. The summed E-state index contributed by atoms with van der Waals surface area (Å²) in [4.78, 5) is 21.0. The summed E-state index contributed by atoms with van der Waals surface area (Å²) in [6, 6.07) is 20.9. The zero-order chi connectivity index (χ0) is 23.8. The largest absolute Gasteiger partial charge is 0.325 e. The second-order valence-corrected chi connectivity index (χ2v) is 9.27. The first-order valence-electron chi connectivity index (χ1n) is 9.94. The summed E-state index contributed by atoms with van der Waals surface area (Å²) in [6.07, 6.45) is -0.0668. The molecule has 0 radical (unpaired) electrons. The van der Waals surface area contributed by atoms with E-state index in [-0.39, 0.29) is 18.5 Å². The van der Waals surface area contributed by atoms with Crippen LogP contribution in [-0.4, -0.2) is 28.3 Å². The molecular weight excluding hydrogens is 447 g/mol. The molecule has 0 saturated carbocycles. The Kier molecular flexibility index (Phi) is 7.66. The van der Waals surface area contributed by atoms with Crippen LogP contribution in [0, 0.1) is 20.2 Å². The van der Waals surface area contributed by atoms with Gasteiger partial charge in [0.15, 0.2) is 0 Å². The number of nitro groups is 2. The zero-order valence-corrected chi connectivity index (χ0v) is 18.6. The molecule has 0 aromatic heterocycles. The van der Waals surface area contributed by atoms with Gasteiger partial charge in [0.1, 0.15) is 5.69 Å². The Labute approximate surface area is 189 Å². The lowest BCUT2D eigenvalue weighted by Crippen LogP contribution is -2.18. The summed E-state index contributed by atoms with van der Waals surface area (Å²) in [5.74, 6) is 0. The maximum absolute atomic E-state index is 13.8. The molecule has 10 nitrogen and oxygen atoms in total. The number of hydrazone groups is 1. The van der Waals surface area contributed by atoms with E-state index >= 15 is 0 Å².